The predicted molar refractivity (Wildman–Crippen MR) is 85.2 cm³/mol. The van der Waals surface area contributed by atoms with E-state index in [-0.39, 0.29) is 11.9 Å². The lowest BCUT2D eigenvalue weighted by Gasteiger charge is -2.28. The molecule has 0 radical (unpaired) electrons. The summed E-state index contributed by atoms with van der Waals surface area (Å²) < 4.78 is 19.7. The Kier molecular flexibility index (Phi) is 6.50. The summed E-state index contributed by atoms with van der Waals surface area (Å²) in [5.41, 5.74) is 0.758. The Bertz CT molecular complexity index is 429. The van der Waals surface area contributed by atoms with Gasteiger partial charge in [-0.3, -0.25) is 0 Å². The van der Waals surface area contributed by atoms with E-state index >= 15 is 0 Å². The van der Waals surface area contributed by atoms with E-state index in [9.17, 15) is 4.39 Å². The van der Waals surface area contributed by atoms with Gasteiger partial charge in [-0.1, -0.05) is 51.2 Å². The Morgan fingerprint density at radius 1 is 1.29 bits per heavy atom. The highest BCUT2D eigenvalue weighted by Crippen LogP contribution is 2.34. The lowest BCUT2D eigenvalue weighted by Crippen LogP contribution is -2.26. The summed E-state index contributed by atoms with van der Waals surface area (Å²) in [4.78, 5) is 0. The topological polar surface area (TPSA) is 21.3 Å². The molecule has 1 aliphatic carbocycles. The summed E-state index contributed by atoms with van der Waals surface area (Å²) in [6.45, 7) is 3.07. The molecule has 1 N–H and O–H groups in total. The van der Waals surface area contributed by atoms with Gasteiger partial charge in [0.15, 0.2) is 11.6 Å². The third-order valence-electron chi connectivity index (χ3n) is 4.52. The van der Waals surface area contributed by atoms with Crippen LogP contribution in [0.25, 0.3) is 0 Å². The number of benzene rings is 1. The molecule has 0 aliphatic heterocycles. The average Bonchev–Trinajstić information content (AvgIpc) is 2.53. The van der Waals surface area contributed by atoms with E-state index in [1.165, 1.54) is 39.2 Å². The van der Waals surface area contributed by atoms with Crippen LogP contribution in [0.3, 0.4) is 0 Å². The molecular formula is C18H28FNO. The van der Waals surface area contributed by atoms with Crippen LogP contribution in [-0.2, 0) is 0 Å². The Labute approximate surface area is 128 Å². The normalized spacial score (nSPS) is 17.7. The summed E-state index contributed by atoms with van der Waals surface area (Å²) in [5.74, 6) is 0.863. The second-order valence-corrected chi connectivity index (χ2v) is 6.11. The van der Waals surface area contributed by atoms with Crippen LogP contribution < -0.4 is 10.1 Å². The third kappa shape index (κ3) is 4.44. The summed E-state index contributed by atoms with van der Waals surface area (Å²) in [7, 11) is 1.53. The first-order chi connectivity index (χ1) is 10.3. The summed E-state index contributed by atoms with van der Waals surface area (Å²) in [5, 5.41) is 3.53. The first-order valence-corrected chi connectivity index (χ1v) is 8.32. The fraction of sp³-hybridized carbons (Fsp3) is 0.667. The molecule has 1 aromatic carbocycles. The molecule has 0 aromatic heterocycles. The molecule has 0 heterocycles. The second kappa shape index (κ2) is 8.38. The standard InChI is InChI=1S/C18H28FNO/c1-3-12-20-16(13-14-8-5-4-6-9-14)15-10-7-11-17(21-2)18(15)19/h7,10-11,14,16,20H,3-6,8-9,12-13H2,1-2H3. The van der Waals surface area contributed by atoms with E-state index in [4.69, 9.17) is 4.74 Å². The largest absolute Gasteiger partial charge is 0.494 e. The van der Waals surface area contributed by atoms with Gasteiger partial charge in [0.05, 0.1) is 7.11 Å². The van der Waals surface area contributed by atoms with Crippen LogP contribution in [0.15, 0.2) is 18.2 Å². The second-order valence-electron chi connectivity index (χ2n) is 6.11. The van der Waals surface area contributed by atoms with Crippen LogP contribution >= 0.6 is 0 Å². The molecule has 0 bridgehead atoms. The smallest absolute Gasteiger partial charge is 0.169 e. The number of hydrogen-bond donors (Lipinski definition) is 1. The van der Waals surface area contributed by atoms with E-state index in [0.717, 1.165) is 30.9 Å². The van der Waals surface area contributed by atoms with Gasteiger partial charge < -0.3 is 10.1 Å². The van der Waals surface area contributed by atoms with Crippen molar-refractivity contribution in [3.8, 4) is 5.75 Å². The Morgan fingerprint density at radius 2 is 2.05 bits per heavy atom. The number of halogens is 1. The molecule has 0 saturated heterocycles. The van der Waals surface area contributed by atoms with Crippen LogP contribution in [0, 0.1) is 11.7 Å². The highest BCUT2D eigenvalue weighted by atomic mass is 19.1. The van der Waals surface area contributed by atoms with Crippen molar-refractivity contribution in [3.05, 3.63) is 29.6 Å². The van der Waals surface area contributed by atoms with Gasteiger partial charge in [-0.15, -0.1) is 0 Å². The number of rotatable bonds is 7. The molecule has 2 nitrogen and oxygen atoms in total. The van der Waals surface area contributed by atoms with Crippen molar-refractivity contribution >= 4 is 0 Å². The molecule has 2 rings (SSSR count). The average molecular weight is 293 g/mol. The lowest BCUT2D eigenvalue weighted by atomic mass is 9.83. The van der Waals surface area contributed by atoms with Crippen molar-refractivity contribution in [2.45, 2.75) is 57.9 Å². The maximum atomic E-state index is 14.5. The van der Waals surface area contributed by atoms with Crippen molar-refractivity contribution in [3.63, 3.8) is 0 Å². The number of nitrogens with one attached hydrogen (secondary N) is 1. The van der Waals surface area contributed by atoms with Crippen molar-refractivity contribution in [2.24, 2.45) is 5.92 Å². The van der Waals surface area contributed by atoms with E-state index in [1.54, 1.807) is 6.07 Å². The molecule has 21 heavy (non-hydrogen) atoms. The fourth-order valence-electron chi connectivity index (χ4n) is 3.35. The Morgan fingerprint density at radius 3 is 2.71 bits per heavy atom. The minimum atomic E-state index is -0.204. The maximum Gasteiger partial charge on any atom is 0.169 e. The van der Waals surface area contributed by atoms with Gasteiger partial charge in [-0.2, -0.15) is 0 Å². The van der Waals surface area contributed by atoms with Gasteiger partial charge in [-0.05, 0) is 31.4 Å². The van der Waals surface area contributed by atoms with Gasteiger partial charge in [-0.25, -0.2) is 4.39 Å². The molecule has 0 amide bonds. The van der Waals surface area contributed by atoms with Gasteiger partial charge in [0.25, 0.3) is 0 Å². The minimum Gasteiger partial charge on any atom is -0.494 e. The maximum absolute atomic E-state index is 14.5. The van der Waals surface area contributed by atoms with Gasteiger partial charge >= 0.3 is 0 Å². The fourth-order valence-corrected chi connectivity index (χ4v) is 3.35. The van der Waals surface area contributed by atoms with Crippen LogP contribution in [-0.4, -0.2) is 13.7 Å². The van der Waals surface area contributed by atoms with Gasteiger partial charge in [0.2, 0.25) is 0 Å². The van der Waals surface area contributed by atoms with E-state index in [0.29, 0.717) is 5.75 Å². The summed E-state index contributed by atoms with van der Waals surface area (Å²) >= 11 is 0. The Balaban J connectivity index is 2.14. The van der Waals surface area contributed by atoms with Crippen molar-refractivity contribution < 1.29 is 9.13 Å². The molecule has 1 atom stereocenters. The molecule has 118 valence electrons. The van der Waals surface area contributed by atoms with Gasteiger partial charge in [0.1, 0.15) is 0 Å². The monoisotopic (exact) mass is 293 g/mol. The van der Waals surface area contributed by atoms with E-state index < -0.39 is 0 Å². The predicted octanol–water partition coefficient (Wildman–Crippen LogP) is 4.85. The number of hydrogen-bond acceptors (Lipinski definition) is 2. The summed E-state index contributed by atoms with van der Waals surface area (Å²) in [6.07, 6.45) is 8.68. The zero-order valence-electron chi connectivity index (χ0n) is 13.3. The molecular weight excluding hydrogens is 265 g/mol. The molecule has 1 aliphatic rings. The zero-order chi connectivity index (χ0) is 15.1. The van der Waals surface area contributed by atoms with E-state index in [1.807, 2.05) is 12.1 Å². The van der Waals surface area contributed by atoms with Gasteiger partial charge in [0, 0.05) is 11.6 Å². The third-order valence-corrected chi connectivity index (χ3v) is 4.52. The molecule has 1 saturated carbocycles. The minimum absolute atomic E-state index is 0.100. The van der Waals surface area contributed by atoms with Crippen LogP contribution in [0.1, 0.15) is 63.5 Å². The van der Waals surface area contributed by atoms with Crippen molar-refractivity contribution in [1.29, 1.82) is 0 Å². The van der Waals surface area contributed by atoms with Crippen LogP contribution in [0.2, 0.25) is 0 Å². The molecule has 1 aromatic rings. The van der Waals surface area contributed by atoms with Crippen LogP contribution in [0.5, 0.6) is 5.75 Å². The number of ether oxygens (including phenoxy) is 1. The first-order valence-electron chi connectivity index (χ1n) is 8.32. The number of methoxy groups -OCH3 is 1. The molecule has 1 fully saturated rings. The first kappa shape index (κ1) is 16.3. The highest BCUT2D eigenvalue weighted by molar-refractivity contribution is 5.33. The molecule has 1 unspecified atom stereocenters. The molecule has 0 spiro atoms. The van der Waals surface area contributed by atoms with E-state index in [2.05, 4.69) is 12.2 Å². The SMILES string of the molecule is CCCNC(CC1CCCCC1)c1cccc(OC)c1F. The van der Waals surface area contributed by atoms with Crippen molar-refractivity contribution in [2.75, 3.05) is 13.7 Å². The molecule has 3 heteroatoms. The lowest BCUT2D eigenvalue weighted by molar-refractivity contribution is 0.295. The quantitative estimate of drug-likeness (QED) is 0.776. The van der Waals surface area contributed by atoms with Crippen molar-refractivity contribution in [1.82, 2.24) is 5.32 Å². The summed E-state index contributed by atoms with van der Waals surface area (Å²) in [6, 6.07) is 5.58. The Hall–Kier alpha value is -1.09. The van der Waals surface area contributed by atoms with Crippen LogP contribution in [0.4, 0.5) is 4.39 Å². The highest BCUT2D eigenvalue weighted by Gasteiger charge is 2.23. The zero-order valence-corrected chi connectivity index (χ0v) is 13.3.